The van der Waals surface area contributed by atoms with Crippen LogP contribution in [0.1, 0.15) is 10.6 Å². The number of fused-ring (bicyclic) bond motifs is 1. The molecular formula is C13H9ClN4O4S. The highest BCUT2D eigenvalue weighted by Crippen LogP contribution is 2.35. The minimum absolute atomic E-state index is 0.166. The van der Waals surface area contributed by atoms with Crippen LogP contribution in [0.3, 0.4) is 0 Å². The molecule has 0 unspecified atom stereocenters. The van der Waals surface area contributed by atoms with Crippen molar-refractivity contribution in [1.82, 2.24) is 10.9 Å². The van der Waals surface area contributed by atoms with E-state index in [0.717, 1.165) is 16.6 Å². The molecule has 0 saturated heterocycles. The second-order valence-electron chi connectivity index (χ2n) is 4.43. The van der Waals surface area contributed by atoms with Crippen LogP contribution in [0.15, 0.2) is 44.6 Å². The van der Waals surface area contributed by atoms with Crippen molar-refractivity contribution in [1.29, 1.82) is 0 Å². The monoisotopic (exact) mass is 352 g/mol. The van der Waals surface area contributed by atoms with Crippen LogP contribution in [-0.4, -0.2) is 22.4 Å². The zero-order chi connectivity index (χ0) is 16.4. The molecule has 118 valence electrons. The van der Waals surface area contributed by atoms with Crippen LogP contribution in [0, 0.1) is 10.1 Å². The fourth-order valence-electron chi connectivity index (χ4n) is 1.82. The van der Waals surface area contributed by atoms with Gasteiger partial charge in [-0.3, -0.25) is 25.8 Å². The largest absolute Gasteiger partial charge is 0.433 e. The first-order valence-electron chi connectivity index (χ1n) is 6.33. The number of nitrogens with one attached hydrogen (secondary N) is 2. The molecule has 1 aliphatic rings. The number of carbonyl (C=O) groups is 1. The summed E-state index contributed by atoms with van der Waals surface area (Å²) in [7, 11) is 0. The van der Waals surface area contributed by atoms with E-state index >= 15 is 0 Å². The summed E-state index contributed by atoms with van der Waals surface area (Å²) in [6, 6.07) is 7.67. The summed E-state index contributed by atoms with van der Waals surface area (Å²) in [5.41, 5.74) is 5.81. The first-order valence-corrected chi connectivity index (χ1v) is 7.70. The number of benzene rings is 1. The number of amides is 1. The van der Waals surface area contributed by atoms with Crippen molar-refractivity contribution in [3.8, 4) is 0 Å². The molecule has 1 aromatic heterocycles. The van der Waals surface area contributed by atoms with Gasteiger partial charge in [-0.2, -0.15) is 0 Å². The summed E-state index contributed by atoms with van der Waals surface area (Å²) in [6.07, 6.45) is 0. The molecular weight excluding hydrogens is 344 g/mol. The van der Waals surface area contributed by atoms with Gasteiger partial charge in [0.15, 0.2) is 0 Å². The van der Waals surface area contributed by atoms with Gasteiger partial charge in [-0.25, -0.2) is 4.99 Å². The number of rotatable bonds is 2. The van der Waals surface area contributed by atoms with Crippen LogP contribution in [0.25, 0.3) is 0 Å². The van der Waals surface area contributed by atoms with Crippen LogP contribution < -0.4 is 10.9 Å². The van der Waals surface area contributed by atoms with Crippen molar-refractivity contribution in [3.05, 3.63) is 51.2 Å². The van der Waals surface area contributed by atoms with Crippen molar-refractivity contribution >= 4 is 46.7 Å². The number of hydrogen-bond acceptors (Lipinski definition) is 7. The van der Waals surface area contributed by atoms with Gasteiger partial charge in [0, 0.05) is 9.92 Å². The predicted molar refractivity (Wildman–Crippen MR) is 85.2 cm³/mol. The van der Waals surface area contributed by atoms with E-state index in [0.29, 0.717) is 16.6 Å². The lowest BCUT2D eigenvalue weighted by molar-refractivity contribution is -0.402. The maximum Gasteiger partial charge on any atom is 0.433 e. The number of hydrogen-bond donors (Lipinski definition) is 2. The highest BCUT2D eigenvalue weighted by molar-refractivity contribution is 8.00. The predicted octanol–water partition coefficient (Wildman–Crippen LogP) is 2.91. The van der Waals surface area contributed by atoms with Crippen LogP contribution in [0.2, 0.25) is 5.02 Å². The van der Waals surface area contributed by atoms with Crippen molar-refractivity contribution in [2.75, 3.05) is 5.75 Å². The number of nitro groups is 1. The molecule has 0 atom stereocenters. The molecule has 0 bridgehead atoms. The molecule has 1 aliphatic heterocycles. The third-order valence-corrected chi connectivity index (χ3v) is 4.15. The Hall–Kier alpha value is -2.52. The molecule has 1 aromatic carbocycles. The van der Waals surface area contributed by atoms with Gasteiger partial charge in [-0.05, 0) is 24.3 Å². The van der Waals surface area contributed by atoms with Gasteiger partial charge in [0.25, 0.3) is 0 Å². The molecule has 3 rings (SSSR count). The Balaban J connectivity index is 1.65. The zero-order valence-electron chi connectivity index (χ0n) is 11.4. The standard InChI is InChI=1S/C13H9ClN4O4S/c14-7-1-2-8-10(5-7)23-6-11(15-8)16-17-13(19)9-3-4-12(22-9)18(20)21/h1-5H,6H2,(H,15,16)(H,17,19). The third-order valence-electron chi connectivity index (χ3n) is 2.86. The first kappa shape index (κ1) is 15.4. The van der Waals surface area contributed by atoms with Gasteiger partial charge in [-0.15, -0.1) is 11.8 Å². The fourth-order valence-corrected chi connectivity index (χ4v) is 2.96. The Morgan fingerprint density at radius 1 is 1.39 bits per heavy atom. The highest BCUT2D eigenvalue weighted by Gasteiger charge is 2.18. The quantitative estimate of drug-likeness (QED) is 0.635. The molecule has 10 heteroatoms. The fraction of sp³-hybridized carbons (Fsp3) is 0.0769. The van der Waals surface area contributed by atoms with E-state index in [1.165, 1.54) is 17.8 Å². The lowest BCUT2D eigenvalue weighted by Crippen LogP contribution is -2.42. The van der Waals surface area contributed by atoms with E-state index in [1.807, 2.05) is 6.07 Å². The van der Waals surface area contributed by atoms with Gasteiger partial charge < -0.3 is 4.42 Å². The summed E-state index contributed by atoms with van der Waals surface area (Å²) in [5.74, 6) is -0.231. The lowest BCUT2D eigenvalue weighted by atomic mass is 10.3. The number of nitrogens with zero attached hydrogens (tertiary/aromatic N) is 2. The zero-order valence-corrected chi connectivity index (χ0v) is 13.0. The van der Waals surface area contributed by atoms with E-state index in [2.05, 4.69) is 15.8 Å². The van der Waals surface area contributed by atoms with Crippen molar-refractivity contribution in [2.45, 2.75) is 4.90 Å². The summed E-state index contributed by atoms with van der Waals surface area (Å²) < 4.78 is 4.81. The number of aliphatic imine (C=N–C) groups is 1. The van der Waals surface area contributed by atoms with E-state index in [-0.39, 0.29) is 5.76 Å². The molecule has 0 fully saturated rings. The van der Waals surface area contributed by atoms with Gasteiger partial charge >= 0.3 is 11.8 Å². The van der Waals surface area contributed by atoms with E-state index in [1.54, 1.807) is 12.1 Å². The molecule has 23 heavy (non-hydrogen) atoms. The summed E-state index contributed by atoms with van der Waals surface area (Å²) in [4.78, 5) is 27.0. The van der Waals surface area contributed by atoms with Crippen LogP contribution in [0.4, 0.5) is 11.6 Å². The van der Waals surface area contributed by atoms with Gasteiger partial charge in [0.2, 0.25) is 5.76 Å². The second kappa shape index (κ2) is 6.31. The maximum atomic E-state index is 11.8. The van der Waals surface area contributed by atoms with E-state index < -0.39 is 16.7 Å². The summed E-state index contributed by atoms with van der Waals surface area (Å²) in [5, 5.41) is 11.2. The molecule has 8 nitrogen and oxygen atoms in total. The molecule has 2 aromatic rings. The number of amidine groups is 1. The van der Waals surface area contributed by atoms with Crippen LogP contribution in [0.5, 0.6) is 0 Å². The molecule has 0 saturated carbocycles. The van der Waals surface area contributed by atoms with E-state index in [4.69, 9.17) is 16.0 Å². The molecule has 1 amide bonds. The van der Waals surface area contributed by atoms with Gasteiger partial charge in [0.1, 0.15) is 10.8 Å². The Bertz CT molecular complexity index is 820. The number of halogens is 1. The molecule has 2 N–H and O–H groups in total. The minimum Gasteiger partial charge on any atom is -0.395 e. The summed E-state index contributed by atoms with van der Waals surface area (Å²) in [6.45, 7) is 0. The number of thioether (sulfide) groups is 1. The normalized spacial score (nSPS) is 13.0. The molecule has 0 spiro atoms. The number of carbonyl (C=O) groups excluding carboxylic acids is 1. The first-order chi connectivity index (χ1) is 11.0. The van der Waals surface area contributed by atoms with Crippen LogP contribution in [-0.2, 0) is 0 Å². The lowest BCUT2D eigenvalue weighted by Gasteiger charge is -2.16. The van der Waals surface area contributed by atoms with Crippen molar-refractivity contribution in [3.63, 3.8) is 0 Å². The van der Waals surface area contributed by atoms with Crippen molar-refractivity contribution < 1.29 is 14.1 Å². The average Bonchev–Trinajstić information content (AvgIpc) is 3.03. The second-order valence-corrected chi connectivity index (χ2v) is 5.89. The van der Waals surface area contributed by atoms with Crippen LogP contribution >= 0.6 is 23.4 Å². The maximum absolute atomic E-state index is 11.8. The Morgan fingerprint density at radius 2 is 2.22 bits per heavy atom. The van der Waals surface area contributed by atoms with Crippen molar-refractivity contribution in [2.24, 2.45) is 4.99 Å². The average molecular weight is 353 g/mol. The molecule has 0 aliphatic carbocycles. The molecule has 2 heterocycles. The Kier molecular flexibility index (Phi) is 4.22. The number of hydrazine groups is 1. The number of furan rings is 1. The van der Waals surface area contributed by atoms with Gasteiger partial charge in [-0.1, -0.05) is 11.6 Å². The molecule has 0 radical (unpaired) electrons. The summed E-state index contributed by atoms with van der Waals surface area (Å²) >= 11 is 7.44. The van der Waals surface area contributed by atoms with Gasteiger partial charge in [0.05, 0.1) is 17.5 Å². The minimum atomic E-state index is -0.714. The Labute approximate surface area is 139 Å². The highest BCUT2D eigenvalue weighted by atomic mass is 35.5. The van der Waals surface area contributed by atoms with E-state index in [9.17, 15) is 14.9 Å². The third kappa shape index (κ3) is 3.46. The topological polar surface area (TPSA) is 110 Å². The smallest absolute Gasteiger partial charge is 0.395 e. The Morgan fingerprint density at radius 3 is 2.96 bits per heavy atom. The SMILES string of the molecule is O=C(NNC1=Nc2ccc(Cl)cc2SC1)c1ccc([N+](=O)[O-])o1.